The standard InChI is InChI=1S/C22H24N2O3/c1-4-23(19-9-5-7-15(2)11-19)22(27)18-13-21(26)24(14-18)20-10-6-8-17(12-20)16(3)25/h5-12,18H,4,13-14H2,1-3H3. The molecule has 1 atom stereocenters. The molecule has 1 heterocycles. The molecule has 2 amide bonds. The second-order valence-corrected chi connectivity index (χ2v) is 6.93. The first-order valence-corrected chi connectivity index (χ1v) is 9.20. The van der Waals surface area contributed by atoms with Gasteiger partial charge in [0.2, 0.25) is 11.8 Å². The van der Waals surface area contributed by atoms with Gasteiger partial charge in [-0.2, -0.15) is 0 Å². The Morgan fingerprint density at radius 2 is 1.89 bits per heavy atom. The number of Topliss-reactive ketones (excluding diaryl/α,β-unsaturated/α-hetero) is 1. The van der Waals surface area contributed by atoms with E-state index in [1.165, 1.54) is 6.92 Å². The molecule has 0 N–H and O–H groups in total. The number of nitrogens with zero attached hydrogens (tertiary/aromatic N) is 2. The number of carbonyl (C=O) groups is 3. The predicted molar refractivity (Wildman–Crippen MR) is 106 cm³/mol. The molecule has 0 bridgehead atoms. The van der Waals surface area contributed by atoms with Crippen molar-refractivity contribution in [1.82, 2.24) is 0 Å². The van der Waals surface area contributed by atoms with Gasteiger partial charge in [-0.15, -0.1) is 0 Å². The number of benzene rings is 2. The van der Waals surface area contributed by atoms with E-state index in [0.717, 1.165) is 11.3 Å². The number of aryl methyl sites for hydroxylation is 1. The number of hydrogen-bond donors (Lipinski definition) is 0. The lowest BCUT2D eigenvalue weighted by molar-refractivity contribution is -0.124. The molecule has 27 heavy (non-hydrogen) atoms. The molecular formula is C22H24N2O3. The maximum absolute atomic E-state index is 13.1. The first-order valence-electron chi connectivity index (χ1n) is 9.20. The first-order chi connectivity index (χ1) is 12.9. The third-order valence-corrected chi connectivity index (χ3v) is 4.93. The van der Waals surface area contributed by atoms with Gasteiger partial charge in [-0.1, -0.05) is 24.3 Å². The molecule has 1 saturated heterocycles. The van der Waals surface area contributed by atoms with E-state index in [9.17, 15) is 14.4 Å². The van der Waals surface area contributed by atoms with Crippen molar-refractivity contribution in [3.8, 4) is 0 Å². The Bertz CT molecular complexity index is 891. The Labute approximate surface area is 159 Å². The highest BCUT2D eigenvalue weighted by atomic mass is 16.2. The van der Waals surface area contributed by atoms with Gasteiger partial charge in [0.25, 0.3) is 0 Å². The van der Waals surface area contributed by atoms with E-state index >= 15 is 0 Å². The summed E-state index contributed by atoms with van der Waals surface area (Å²) >= 11 is 0. The molecule has 1 fully saturated rings. The Balaban J connectivity index is 1.81. The van der Waals surface area contributed by atoms with E-state index in [0.29, 0.717) is 24.3 Å². The summed E-state index contributed by atoms with van der Waals surface area (Å²) in [7, 11) is 0. The van der Waals surface area contributed by atoms with Crippen LogP contribution in [0.1, 0.15) is 36.2 Å². The highest BCUT2D eigenvalue weighted by Gasteiger charge is 2.37. The monoisotopic (exact) mass is 364 g/mol. The van der Waals surface area contributed by atoms with Crippen molar-refractivity contribution in [3.63, 3.8) is 0 Å². The molecule has 3 rings (SSSR count). The van der Waals surface area contributed by atoms with Crippen LogP contribution >= 0.6 is 0 Å². The van der Waals surface area contributed by atoms with Gasteiger partial charge in [-0.3, -0.25) is 14.4 Å². The van der Waals surface area contributed by atoms with E-state index in [1.807, 2.05) is 38.1 Å². The minimum Gasteiger partial charge on any atom is -0.312 e. The Morgan fingerprint density at radius 1 is 1.15 bits per heavy atom. The van der Waals surface area contributed by atoms with Crippen LogP contribution in [0.2, 0.25) is 0 Å². The van der Waals surface area contributed by atoms with Crippen LogP contribution in [0.5, 0.6) is 0 Å². The van der Waals surface area contributed by atoms with Crippen LogP contribution in [0.3, 0.4) is 0 Å². The van der Waals surface area contributed by atoms with Crippen molar-refractivity contribution in [2.45, 2.75) is 27.2 Å². The summed E-state index contributed by atoms with van der Waals surface area (Å²) in [5, 5.41) is 0. The molecule has 0 radical (unpaired) electrons. The number of amides is 2. The van der Waals surface area contributed by atoms with E-state index in [-0.39, 0.29) is 29.9 Å². The van der Waals surface area contributed by atoms with Crippen LogP contribution in [0.15, 0.2) is 48.5 Å². The van der Waals surface area contributed by atoms with Gasteiger partial charge in [0.05, 0.1) is 5.92 Å². The van der Waals surface area contributed by atoms with Crippen LogP contribution in [-0.4, -0.2) is 30.7 Å². The smallest absolute Gasteiger partial charge is 0.232 e. The predicted octanol–water partition coefficient (Wildman–Crippen LogP) is 3.60. The van der Waals surface area contributed by atoms with Gasteiger partial charge < -0.3 is 9.80 Å². The van der Waals surface area contributed by atoms with Crippen LogP contribution in [0.4, 0.5) is 11.4 Å². The Kier molecular flexibility index (Phi) is 5.40. The van der Waals surface area contributed by atoms with Crippen molar-refractivity contribution in [1.29, 1.82) is 0 Å². The molecule has 1 aliphatic rings. The second-order valence-electron chi connectivity index (χ2n) is 6.93. The topological polar surface area (TPSA) is 57.7 Å². The minimum atomic E-state index is -0.390. The number of anilines is 2. The molecular weight excluding hydrogens is 340 g/mol. The first kappa shape index (κ1) is 18.8. The van der Waals surface area contributed by atoms with Crippen molar-refractivity contribution in [2.24, 2.45) is 5.92 Å². The third kappa shape index (κ3) is 3.92. The number of ketones is 1. The summed E-state index contributed by atoms with van der Waals surface area (Å²) in [5.41, 5.74) is 3.17. The third-order valence-electron chi connectivity index (χ3n) is 4.93. The maximum atomic E-state index is 13.1. The Hall–Kier alpha value is -2.95. The molecule has 1 aliphatic heterocycles. The molecule has 2 aromatic carbocycles. The van der Waals surface area contributed by atoms with Gasteiger partial charge in [-0.25, -0.2) is 0 Å². The number of rotatable bonds is 5. The van der Waals surface area contributed by atoms with Gasteiger partial charge in [0.1, 0.15) is 0 Å². The SMILES string of the molecule is CCN(C(=O)C1CC(=O)N(c2cccc(C(C)=O)c2)C1)c1cccc(C)c1. The molecule has 0 spiro atoms. The van der Waals surface area contributed by atoms with E-state index < -0.39 is 0 Å². The maximum Gasteiger partial charge on any atom is 0.232 e. The lowest BCUT2D eigenvalue weighted by Gasteiger charge is -2.25. The molecule has 1 unspecified atom stereocenters. The van der Waals surface area contributed by atoms with E-state index in [2.05, 4.69) is 0 Å². The summed E-state index contributed by atoms with van der Waals surface area (Å²) in [6.45, 7) is 6.31. The molecule has 5 nitrogen and oxygen atoms in total. The van der Waals surface area contributed by atoms with Crippen molar-refractivity contribution in [3.05, 3.63) is 59.7 Å². The van der Waals surface area contributed by atoms with Gasteiger partial charge in [0.15, 0.2) is 5.78 Å². The average molecular weight is 364 g/mol. The summed E-state index contributed by atoms with van der Waals surface area (Å²) < 4.78 is 0. The normalized spacial score (nSPS) is 16.5. The minimum absolute atomic E-state index is 0.0401. The summed E-state index contributed by atoms with van der Waals surface area (Å²) in [4.78, 5) is 40.6. The zero-order valence-corrected chi connectivity index (χ0v) is 15.9. The second kappa shape index (κ2) is 7.74. The highest BCUT2D eigenvalue weighted by Crippen LogP contribution is 2.28. The average Bonchev–Trinajstić information content (AvgIpc) is 3.04. The quantitative estimate of drug-likeness (QED) is 0.762. The van der Waals surface area contributed by atoms with Crippen molar-refractivity contribution in [2.75, 3.05) is 22.9 Å². The zero-order valence-electron chi connectivity index (χ0n) is 15.9. The summed E-state index contributed by atoms with van der Waals surface area (Å²) in [5.74, 6) is -0.567. The molecule has 0 aromatic heterocycles. The largest absolute Gasteiger partial charge is 0.312 e. The fraction of sp³-hybridized carbons (Fsp3) is 0.318. The van der Waals surface area contributed by atoms with E-state index in [1.54, 1.807) is 34.1 Å². The fourth-order valence-electron chi connectivity index (χ4n) is 3.50. The summed E-state index contributed by atoms with van der Waals surface area (Å²) in [6, 6.07) is 14.8. The zero-order chi connectivity index (χ0) is 19.6. The van der Waals surface area contributed by atoms with Crippen molar-refractivity contribution >= 4 is 29.0 Å². The number of carbonyl (C=O) groups excluding carboxylic acids is 3. The van der Waals surface area contributed by atoms with Gasteiger partial charge >= 0.3 is 0 Å². The number of hydrogen-bond acceptors (Lipinski definition) is 3. The van der Waals surface area contributed by atoms with Gasteiger partial charge in [0, 0.05) is 36.4 Å². The molecule has 2 aromatic rings. The molecule has 0 saturated carbocycles. The van der Waals surface area contributed by atoms with Crippen molar-refractivity contribution < 1.29 is 14.4 Å². The highest BCUT2D eigenvalue weighted by molar-refractivity contribution is 6.05. The van der Waals surface area contributed by atoms with Crippen LogP contribution in [-0.2, 0) is 9.59 Å². The summed E-state index contributed by atoms with van der Waals surface area (Å²) in [6.07, 6.45) is 0.186. The molecule has 5 heteroatoms. The molecule has 140 valence electrons. The van der Waals surface area contributed by atoms with E-state index in [4.69, 9.17) is 0 Å². The lowest BCUT2D eigenvalue weighted by Crippen LogP contribution is -2.37. The van der Waals surface area contributed by atoms with Crippen LogP contribution in [0, 0.1) is 12.8 Å². The fourth-order valence-corrected chi connectivity index (χ4v) is 3.50. The van der Waals surface area contributed by atoms with Gasteiger partial charge in [-0.05, 0) is 50.6 Å². The lowest BCUT2D eigenvalue weighted by atomic mass is 10.1. The van der Waals surface area contributed by atoms with Crippen LogP contribution in [0.25, 0.3) is 0 Å². The Morgan fingerprint density at radius 3 is 2.56 bits per heavy atom. The van der Waals surface area contributed by atoms with Crippen LogP contribution < -0.4 is 9.80 Å². The molecule has 0 aliphatic carbocycles.